The molecule has 2 nitrogen and oxygen atoms in total. The molecule has 0 radical (unpaired) electrons. The van der Waals surface area contributed by atoms with Crippen molar-refractivity contribution in [1.29, 1.82) is 0 Å². The van der Waals surface area contributed by atoms with Crippen molar-refractivity contribution < 1.29 is 4.57 Å². The number of aromatic nitrogens is 2. The van der Waals surface area contributed by atoms with Gasteiger partial charge in [-0.05, 0) is 35.4 Å². The van der Waals surface area contributed by atoms with E-state index in [1.807, 2.05) is 0 Å². The fraction of sp³-hybridized carbons (Fsp3) is 0.400. The summed E-state index contributed by atoms with van der Waals surface area (Å²) in [6, 6.07) is 15.5. The zero-order valence-corrected chi connectivity index (χ0v) is 17.8. The minimum atomic E-state index is 0.465. The zero-order chi connectivity index (χ0) is 19.7. The van der Waals surface area contributed by atoms with Crippen molar-refractivity contribution in [1.82, 2.24) is 4.57 Å². The van der Waals surface area contributed by atoms with E-state index in [0.29, 0.717) is 17.8 Å². The maximum atomic E-state index is 2.42. The summed E-state index contributed by atoms with van der Waals surface area (Å²) >= 11 is 0. The highest BCUT2D eigenvalue weighted by atomic mass is 15.1. The third kappa shape index (κ3) is 3.71. The molecule has 27 heavy (non-hydrogen) atoms. The lowest BCUT2D eigenvalue weighted by molar-refractivity contribution is -0.659. The van der Waals surface area contributed by atoms with Crippen molar-refractivity contribution in [3.05, 3.63) is 71.5 Å². The Hall–Kier alpha value is -2.35. The Kier molecular flexibility index (Phi) is 5.55. The van der Waals surface area contributed by atoms with Crippen molar-refractivity contribution in [2.24, 2.45) is 7.05 Å². The Bertz CT molecular complexity index is 886. The summed E-state index contributed by atoms with van der Waals surface area (Å²) in [6.45, 7) is 13.8. The molecule has 1 heterocycles. The van der Waals surface area contributed by atoms with E-state index in [2.05, 4.69) is 113 Å². The molecule has 142 valence electrons. The van der Waals surface area contributed by atoms with Gasteiger partial charge in [0.2, 0.25) is 0 Å². The molecule has 0 saturated carbocycles. The molecular weight excluding hydrogens is 328 g/mol. The lowest BCUT2D eigenvalue weighted by Gasteiger charge is -2.21. The Balaban J connectivity index is 2.35. The van der Waals surface area contributed by atoms with Gasteiger partial charge in [-0.2, -0.15) is 4.57 Å². The Morgan fingerprint density at radius 1 is 0.778 bits per heavy atom. The van der Waals surface area contributed by atoms with E-state index in [-0.39, 0.29) is 0 Å². The van der Waals surface area contributed by atoms with Gasteiger partial charge in [0.25, 0.3) is 5.82 Å². The summed E-state index contributed by atoms with van der Waals surface area (Å²) in [4.78, 5) is 0. The van der Waals surface area contributed by atoms with Gasteiger partial charge in [0.15, 0.2) is 0 Å². The van der Waals surface area contributed by atoms with Crippen LogP contribution in [-0.2, 0) is 7.05 Å². The lowest BCUT2D eigenvalue weighted by atomic mass is 9.87. The van der Waals surface area contributed by atoms with E-state index in [4.69, 9.17) is 0 Å². The second-order valence-electron chi connectivity index (χ2n) is 8.48. The van der Waals surface area contributed by atoms with Gasteiger partial charge in [0.1, 0.15) is 18.1 Å². The summed E-state index contributed by atoms with van der Waals surface area (Å²) in [5.74, 6) is 2.68. The average molecular weight is 362 g/mol. The van der Waals surface area contributed by atoms with Crippen molar-refractivity contribution in [2.45, 2.75) is 59.3 Å². The van der Waals surface area contributed by atoms with Gasteiger partial charge in [0, 0.05) is 11.1 Å². The van der Waals surface area contributed by atoms with Crippen molar-refractivity contribution in [3.63, 3.8) is 0 Å². The van der Waals surface area contributed by atoms with Crippen LogP contribution in [0.3, 0.4) is 0 Å². The fourth-order valence-electron chi connectivity index (χ4n) is 3.78. The van der Waals surface area contributed by atoms with Crippen molar-refractivity contribution in [3.8, 4) is 17.1 Å². The molecule has 0 unspecified atom stereocenters. The first-order chi connectivity index (χ1) is 12.8. The van der Waals surface area contributed by atoms with Gasteiger partial charge in [-0.25, -0.2) is 4.57 Å². The fourth-order valence-corrected chi connectivity index (χ4v) is 3.78. The molecule has 0 atom stereocenters. The number of rotatable bonds is 5. The van der Waals surface area contributed by atoms with Crippen molar-refractivity contribution in [2.75, 3.05) is 0 Å². The Morgan fingerprint density at radius 2 is 1.33 bits per heavy atom. The molecule has 0 saturated heterocycles. The molecule has 1 aromatic heterocycles. The largest absolute Gasteiger partial charge is 0.293 e. The molecule has 3 aromatic rings. The number of nitrogens with zero attached hydrogens (tertiary/aromatic N) is 2. The predicted molar refractivity (Wildman–Crippen MR) is 115 cm³/mol. The molecule has 0 N–H and O–H groups in total. The highest BCUT2D eigenvalue weighted by Crippen LogP contribution is 2.36. The molecular formula is C25H33N2+. The number of aryl methyl sites for hydroxylation is 1. The maximum Gasteiger partial charge on any atom is 0.293 e. The second-order valence-corrected chi connectivity index (χ2v) is 8.48. The normalized spacial score (nSPS) is 11.8. The lowest BCUT2D eigenvalue weighted by Crippen LogP contribution is -2.29. The van der Waals surface area contributed by atoms with Crippen LogP contribution in [-0.4, -0.2) is 4.57 Å². The minimum Gasteiger partial charge on any atom is -0.232 e. The maximum absolute atomic E-state index is 2.42. The van der Waals surface area contributed by atoms with Crippen LogP contribution in [0.4, 0.5) is 0 Å². The molecule has 2 aromatic carbocycles. The summed E-state index contributed by atoms with van der Waals surface area (Å²) < 4.78 is 4.62. The van der Waals surface area contributed by atoms with E-state index in [1.54, 1.807) is 0 Å². The third-order valence-electron chi connectivity index (χ3n) is 5.38. The van der Waals surface area contributed by atoms with Crippen LogP contribution in [0.2, 0.25) is 0 Å². The van der Waals surface area contributed by atoms with Gasteiger partial charge in [0.05, 0.1) is 12.6 Å². The number of hydrogen-bond donors (Lipinski definition) is 0. The number of hydrogen-bond acceptors (Lipinski definition) is 0. The first kappa shape index (κ1) is 19.4. The monoisotopic (exact) mass is 361 g/mol. The van der Waals surface area contributed by atoms with Gasteiger partial charge < -0.3 is 0 Å². The van der Waals surface area contributed by atoms with Crippen LogP contribution in [0, 0.1) is 0 Å². The molecule has 0 spiro atoms. The molecule has 0 aliphatic rings. The number of imidazole rings is 1. The third-order valence-corrected chi connectivity index (χ3v) is 5.38. The molecule has 0 aliphatic carbocycles. The van der Waals surface area contributed by atoms with E-state index in [1.165, 1.54) is 33.8 Å². The molecule has 0 bridgehead atoms. The Labute approximate surface area is 164 Å². The van der Waals surface area contributed by atoms with Gasteiger partial charge in [-0.3, -0.25) is 0 Å². The molecule has 0 aliphatic heterocycles. The first-order valence-corrected chi connectivity index (χ1v) is 10.1. The summed E-state index contributed by atoms with van der Waals surface area (Å²) in [5, 5.41) is 0. The van der Waals surface area contributed by atoms with Crippen LogP contribution in [0.25, 0.3) is 17.1 Å². The smallest absolute Gasteiger partial charge is 0.232 e. The zero-order valence-electron chi connectivity index (χ0n) is 17.8. The van der Waals surface area contributed by atoms with Gasteiger partial charge in [-0.15, -0.1) is 0 Å². The van der Waals surface area contributed by atoms with Crippen LogP contribution in [0.5, 0.6) is 0 Å². The van der Waals surface area contributed by atoms with Crippen LogP contribution in [0.15, 0.2) is 54.9 Å². The number of benzene rings is 2. The standard InChI is InChI=1S/C25H33N2/c1-17(2)21-15-22(18(3)4)24(23(16-21)19(5)6)27-14-13-26(7)25(27)20-11-9-8-10-12-20/h8-19H,1-7H3/q+1. The first-order valence-electron chi connectivity index (χ1n) is 10.1. The molecule has 3 rings (SSSR count). The van der Waals surface area contributed by atoms with E-state index in [9.17, 15) is 0 Å². The van der Waals surface area contributed by atoms with E-state index in [0.717, 1.165) is 0 Å². The highest BCUT2D eigenvalue weighted by molar-refractivity contribution is 5.61. The van der Waals surface area contributed by atoms with Crippen molar-refractivity contribution >= 4 is 0 Å². The molecule has 0 amide bonds. The van der Waals surface area contributed by atoms with Gasteiger partial charge in [-0.1, -0.05) is 71.9 Å². The van der Waals surface area contributed by atoms with E-state index < -0.39 is 0 Å². The van der Waals surface area contributed by atoms with Crippen LogP contribution in [0.1, 0.15) is 76.0 Å². The predicted octanol–water partition coefficient (Wildman–Crippen LogP) is 6.34. The van der Waals surface area contributed by atoms with Crippen LogP contribution < -0.4 is 4.57 Å². The quantitative estimate of drug-likeness (QED) is 0.469. The molecule has 0 fully saturated rings. The summed E-state index contributed by atoms with van der Waals surface area (Å²) in [6.07, 6.45) is 4.37. The van der Waals surface area contributed by atoms with Crippen LogP contribution >= 0.6 is 0 Å². The topological polar surface area (TPSA) is 8.81 Å². The molecule has 2 heteroatoms. The highest BCUT2D eigenvalue weighted by Gasteiger charge is 2.26. The van der Waals surface area contributed by atoms with Gasteiger partial charge >= 0.3 is 0 Å². The second kappa shape index (κ2) is 7.72. The Morgan fingerprint density at radius 3 is 1.81 bits per heavy atom. The summed E-state index contributed by atoms with van der Waals surface area (Å²) in [7, 11) is 2.13. The minimum absolute atomic E-state index is 0.465. The summed E-state index contributed by atoms with van der Waals surface area (Å²) in [5.41, 5.74) is 6.88. The average Bonchev–Trinajstić information content (AvgIpc) is 3.02. The SMILES string of the molecule is CC(C)c1cc(C(C)C)c(-n2cc[n+](C)c2-c2ccccc2)c(C(C)C)c1. The van der Waals surface area contributed by atoms with E-state index >= 15 is 0 Å².